The minimum Gasteiger partial charge on any atom is -0.352 e. The third-order valence-electron chi connectivity index (χ3n) is 4.51. The molecule has 0 amide bonds. The Morgan fingerprint density at radius 1 is 1.11 bits per heavy atom. The van der Waals surface area contributed by atoms with Crippen LogP contribution in [0.5, 0.6) is 0 Å². The first-order valence-corrected chi connectivity index (χ1v) is 9.00. The van der Waals surface area contributed by atoms with E-state index in [4.69, 9.17) is 12.2 Å². The Morgan fingerprint density at radius 2 is 1.85 bits per heavy atom. The summed E-state index contributed by atoms with van der Waals surface area (Å²) in [4.78, 5) is 0. The predicted molar refractivity (Wildman–Crippen MR) is 106 cm³/mol. The summed E-state index contributed by atoms with van der Waals surface area (Å²) in [6.45, 7) is 2.63. The van der Waals surface area contributed by atoms with E-state index in [9.17, 15) is 4.39 Å². The molecule has 0 radical (unpaired) electrons. The number of aromatic nitrogens is 3. The third-order valence-corrected chi connectivity index (χ3v) is 4.73. The van der Waals surface area contributed by atoms with Crippen LogP contribution < -0.4 is 10.6 Å². The Labute approximate surface area is 161 Å². The van der Waals surface area contributed by atoms with E-state index in [1.54, 1.807) is 12.1 Å². The third kappa shape index (κ3) is 3.73. The van der Waals surface area contributed by atoms with E-state index < -0.39 is 0 Å². The van der Waals surface area contributed by atoms with Gasteiger partial charge in [0.15, 0.2) is 5.11 Å². The van der Waals surface area contributed by atoms with Crippen LogP contribution in [0.15, 0.2) is 60.7 Å². The van der Waals surface area contributed by atoms with Crippen molar-refractivity contribution in [3.63, 3.8) is 0 Å². The molecule has 1 aliphatic rings. The SMILES string of the molecule is Cc1c(C2=CC(c3ccc(F)cc3)NC(=S)N2)nnn1Cc1ccccc1. The minimum atomic E-state index is -0.265. The molecule has 1 aliphatic heterocycles. The maximum absolute atomic E-state index is 13.2. The number of rotatable bonds is 4. The number of thiocarbonyl (C=S) groups is 1. The van der Waals surface area contributed by atoms with Gasteiger partial charge < -0.3 is 10.6 Å². The lowest BCUT2D eigenvalue weighted by molar-refractivity contribution is 0.625. The Hall–Kier alpha value is -3.06. The van der Waals surface area contributed by atoms with Crippen molar-refractivity contribution in [2.45, 2.75) is 19.5 Å². The largest absolute Gasteiger partial charge is 0.352 e. The first-order chi connectivity index (χ1) is 13.1. The summed E-state index contributed by atoms with van der Waals surface area (Å²) in [7, 11) is 0. The zero-order valence-electron chi connectivity index (χ0n) is 14.7. The highest BCUT2D eigenvalue weighted by Crippen LogP contribution is 2.24. The normalized spacial score (nSPS) is 16.4. The molecule has 4 rings (SSSR count). The van der Waals surface area contributed by atoms with Crippen LogP contribution in [0.1, 0.15) is 28.6 Å². The topological polar surface area (TPSA) is 54.8 Å². The summed E-state index contributed by atoms with van der Waals surface area (Å²) < 4.78 is 15.1. The van der Waals surface area contributed by atoms with Gasteiger partial charge in [-0.15, -0.1) is 5.10 Å². The second-order valence-corrected chi connectivity index (χ2v) is 6.78. The van der Waals surface area contributed by atoms with Gasteiger partial charge in [0.1, 0.15) is 11.5 Å². The molecule has 2 heterocycles. The molecular formula is C20H18FN5S. The number of nitrogens with zero attached hydrogens (tertiary/aromatic N) is 3. The second-order valence-electron chi connectivity index (χ2n) is 6.37. The predicted octanol–water partition coefficient (Wildman–Crippen LogP) is 3.33. The van der Waals surface area contributed by atoms with Gasteiger partial charge in [-0.25, -0.2) is 9.07 Å². The number of nitrogens with one attached hydrogen (secondary N) is 2. The minimum absolute atomic E-state index is 0.159. The molecule has 27 heavy (non-hydrogen) atoms. The van der Waals surface area contributed by atoms with Crippen LogP contribution >= 0.6 is 12.2 Å². The highest BCUT2D eigenvalue weighted by Gasteiger charge is 2.22. The van der Waals surface area contributed by atoms with E-state index in [0.29, 0.717) is 11.7 Å². The molecule has 1 aromatic heterocycles. The van der Waals surface area contributed by atoms with Crippen LogP contribution in [0.25, 0.3) is 5.70 Å². The number of benzene rings is 2. The fourth-order valence-electron chi connectivity index (χ4n) is 3.05. The van der Waals surface area contributed by atoms with E-state index in [1.807, 2.05) is 35.9 Å². The van der Waals surface area contributed by atoms with E-state index in [2.05, 4.69) is 33.1 Å². The molecule has 3 aromatic rings. The van der Waals surface area contributed by atoms with Crippen molar-refractivity contribution in [3.8, 4) is 0 Å². The molecule has 0 saturated heterocycles. The average Bonchev–Trinajstić information content (AvgIpc) is 3.03. The van der Waals surface area contributed by atoms with Gasteiger partial charge in [-0.05, 0) is 48.5 Å². The molecule has 1 atom stereocenters. The van der Waals surface area contributed by atoms with Gasteiger partial charge in [0.25, 0.3) is 0 Å². The maximum Gasteiger partial charge on any atom is 0.171 e. The van der Waals surface area contributed by atoms with Crippen molar-refractivity contribution in [2.24, 2.45) is 0 Å². The lowest BCUT2D eigenvalue weighted by Crippen LogP contribution is -2.40. The lowest BCUT2D eigenvalue weighted by atomic mass is 10.0. The van der Waals surface area contributed by atoms with Gasteiger partial charge >= 0.3 is 0 Å². The van der Waals surface area contributed by atoms with Gasteiger partial charge in [-0.2, -0.15) is 0 Å². The molecule has 136 valence electrons. The standard InChI is InChI=1S/C20H18FN5S/c1-13-19(24-25-26(13)12-14-5-3-2-4-6-14)18-11-17(22-20(27)23-18)15-7-9-16(21)10-8-15/h2-11,17H,12H2,1H3,(H2,22,23,27). The van der Waals surface area contributed by atoms with Crippen LogP contribution in [0.2, 0.25) is 0 Å². The smallest absolute Gasteiger partial charge is 0.171 e. The molecule has 0 bridgehead atoms. The second kappa shape index (κ2) is 7.28. The van der Waals surface area contributed by atoms with Crippen molar-refractivity contribution >= 4 is 23.0 Å². The van der Waals surface area contributed by atoms with E-state index in [1.165, 1.54) is 12.1 Å². The van der Waals surface area contributed by atoms with Crippen molar-refractivity contribution in [3.05, 3.63) is 89.0 Å². The molecule has 0 spiro atoms. The fourth-order valence-corrected chi connectivity index (χ4v) is 3.29. The Balaban J connectivity index is 1.63. The molecule has 2 N–H and O–H groups in total. The van der Waals surface area contributed by atoms with Gasteiger partial charge in [0.05, 0.1) is 24.0 Å². The summed E-state index contributed by atoms with van der Waals surface area (Å²) in [5.74, 6) is -0.265. The van der Waals surface area contributed by atoms with Crippen LogP contribution in [0.3, 0.4) is 0 Å². The first-order valence-electron chi connectivity index (χ1n) is 8.59. The van der Waals surface area contributed by atoms with Crippen molar-refractivity contribution in [1.82, 2.24) is 25.6 Å². The number of hydrogen-bond acceptors (Lipinski definition) is 3. The van der Waals surface area contributed by atoms with Crippen LogP contribution in [0, 0.1) is 12.7 Å². The van der Waals surface area contributed by atoms with Crippen molar-refractivity contribution < 1.29 is 4.39 Å². The van der Waals surface area contributed by atoms with Crippen LogP contribution in [-0.4, -0.2) is 20.1 Å². The van der Waals surface area contributed by atoms with Crippen LogP contribution in [0.4, 0.5) is 4.39 Å². The zero-order valence-corrected chi connectivity index (χ0v) is 15.5. The Morgan fingerprint density at radius 3 is 2.59 bits per heavy atom. The highest BCUT2D eigenvalue weighted by atomic mass is 32.1. The fraction of sp³-hybridized carbons (Fsp3) is 0.150. The molecule has 0 saturated carbocycles. The van der Waals surface area contributed by atoms with Gasteiger partial charge in [0.2, 0.25) is 0 Å². The van der Waals surface area contributed by atoms with E-state index in [0.717, 1.165) is 28.2 Å². The summed E-state index contributed by atoms with van der Waals surface area (Å²) >= 11 is 5.35. The monoisotopic (exact) mass is 379 g/mol. The molecule has 5 nitrogen and oxygen atoms in total. The van der Waals surface area contributed by atoms with Crippen molar-refractivity contribution in [1.29, 1.82) is 0 Å². The summed E-state index contributed by atoms with van der Waals surface area (Å²) in [6.07, 6.45) is 1.99. The first kappa shape index (κ1) is 17.4. The highest BCUT2D eigenvalue weighted by molar-refractivity contribution is 7.80. The molecule has 2 aromatic carbocycles. The number of halogens is 1. The van der Waals surface area contributed by atoms with E-state index in [-0.39, 0.29) is 11.9 Å². The summed E-state index contributed by atoms with van der Waals surface area (Å²) in [5.41, 5.74) is 4.57. The summed E-state index contributed by atoms with van der Waals surface area (Å²) in [6, 6.07) is 16.3. The molecule has 0 fully saturated rings. The van der Waals surface area contributed by atoms with Gasteiger partial charge in [0, 0.05) is 0 Å². The van der Waals surface area contributed by atoms with Crippen LogP contribution in [-0.2, 0) is 6.54 Å². The maximum atomic E-state index is 13.2. The number of hydrogen-bond donors (Lipinski definition) is 2. The molecular weight excluding hydrogens is 361 g/mol. The summed E-state index contributed by atoms with van der Waals surface area (Å²) in [5, 5.41) is 15.5. The van der Waals surface area contributed by atoms with Gasteiger partial charge in [-0.3, -0.25) is 0 Å². The van der Waals surface area contributed by atoms with Gasteiger partial charge in [-0.1, -0.05) is 47.7 Å². The molecule has 7 heteroatoms. The average molecular weight is 379 g/mol. The molecule has 0 aliphatic carbocycles. The van der Waals surface area contributed by atoms with Crippen molar-refractivity contribution in [2.75, 3.05) is 0 Å². The zero-order chi connectivity index (χ0) is 18.8. The Bertz CT molecular complexity index is 995. The quantitative estimate of drug-likeness (QED) is 0.681. The molecule has 1 unspecified atom stereocenters. The Kier molecular flexibility index (Phi) is 4.68. The lowest BCUT2D eigenvalue weighted by Gasteiger charge is -2.25. The van der Waals surface area contributed by atoms with E-state index >= 15 is 0 Å².